The summed E-state index contributed by atoms with van der Waals surface area (Å²) in [5.41, 5.74) is 4.64. The molecule has 0 spiro atoms. The number of benzene rings is 1. The van der Waals surface area contributed by atoms with Crippen LogP contribution in [-0.4, -0.2) is 22.7 Å². The van der Waals surface area contributed by atoms with Crippen LogP contribution in [0.3, 0.4) is 0 Å². The number of amides is 1. The third-order valence-corrected chi connectivity index (χ3v) is 5.58. The number of hydrogen-bond donors (Lipinski definition) is 1. The van der Waals surface area contributed by atoms with Gasteiger partial charge in [0.2, 0.25) is 5.91 Å². The summed E-state index contributed by atoms with van der Waals surface area (Å²) in [6.45, 7) is 6.29. The Bertz CT molecular complexity index is 736. The standard InChI is InChI=1S/C19H24N2OS/c1-12-8-13(2)16-10-14(3)19(21-17(16)9-12)23-11-18(22)20-15-6-4-5-7-15/h8-10,15H,4-7,11H2,1-3H3,(H,20,22). The van der Waals surface area contributed by atoms with Crippen LogP contribution < -0.4 is 5.32 Å². The summed E-state index contributed by atoms with van der Waals surface area (Å²) in [6.07, 6.45) is 4.73. The normalized spacial score (nSPS) is 15.3. The fourth-order valence-corrected chi connectivity index (χ4v) is 4.13. The number of thioether (sulfide) groups is 1. The van der Waals surface area contributed by atoms with Crippen LogP contribution in [0.5, 0.6) is 0 Å². The highest BCUT2D eigenvalue weighted by atomic mass is 32.2. The molecular formula is C19H24N2OS. The lowest BCUT2D eigenvalue weighted by Gasteiger charge is -2.12. The first-order valence-corrected chi connectivity index (χ1v) is 9.32. The number of aromatic nitrogens is 1. The van der Waals surface area contributed by atoms with Gasteiger partial charge < -0.3 is 5.32 Å². The van der Waals surface area contributed by atoms with Crippen molar-refractivity contribution in [2.45, 2.75) is 57.5 Å². The van der Waals surface area contributed by atoms with E-state index in [1.807, 2.05) is 0 Å². The predicted octanol–water partition coefficient (Wildman–Crippen LogP) is 4.31. The van der Waals surface area contributed by atoms with Crippen molar-refractivity contribution in [3.05, 3.63) is 34.9 Å². The molecule has 0 aliphatic heterocycles. The van der Waals surface area contributed by atoms with Crippen molar-refractivity contribution in [2.75, 3.05) is 5.75 Å². The molecule has 1 amide bonds. The first-order chi connectivity index (χ1) is 11.0. The van der Waals surface area contributed by atoms with E-state index in [1.165, 1.54) is 29.4 Å². The van der Waals surface area contributed by atoms with Gasteiger partial charge in [0, 0.05) is 11.4 Å². The van der Waals surface area contributed by atoms with Crippen LogP contribution in [0.25, 0.3) is 10.9 Å². The van der Waals surface area contributed by atoms with Crippen molar-refractivity contribution in [3.63, 3.8) is 0 Å². The van der Waals surface area contributed by atoms with Crippen molar-refractivity contribution in [1.29, 1.82) is 0 Å². The van der Waals surface area contributed by atoms with Crippen molar-refractivity contribution in [3.8, 4) is 0 Å². The summed E-state index contributed by atoms with van der Waals surface area (Å²) in [5.74, 6) is 0.573. The summed E-state index contributed by atoms with van der Waals surface area (Å²) < 4.78 is 0. The number of pyridine rings is 1. The molecule has 0 saturated heterocycles. The quantitative estimate of drug-likeness (QED) is 0.850. The first kappa shape index (κ1) is 16.3. The average molecular weight is 328 g/mol. The van der Waals surface area contributed by atoms with E-state index >= 15 is 0 Å². The number of hydrogen-bond acceptors (Lipinski definition) is 3. The van der Waals surface area contributed by atoms with Crippen LogP contribution in [-0.2, 0) is 4.79 Å². The second-order valence-corrected chi connectivity index (χ2v) is 7.56. The highest BCUT2D eigenvalue weighted by Gasteiger charge is 2.17. The minimum absolute atomic E-state index is 0.128. The summed E-state index contributed by atoms with van der Waals surface area (Å²) in [7, 11) is 0. The second-order valence-electron chi connectivity index (χ2n) is 6.60. The van der Waals surface area contributed by atoms with Crippen molar-refractivity contribution in [1.82, 2.24) is 10.3 Å². The van der Waals surface area contributed by atoms with Gasteiger partial charge in [0.15, 0.2) is 0 Å². The molecule has 0 bridgehead atoms. The second kappa shape index (κ2) is 6.91. The Kier molecular flexibility index (Phi) is 4.90. The molecule has 23 heavy (non-hydrogen) atoms. The summed E-state index contributed by atoms with van der Waals surface area (Å²) in [6, 6.07) is 6.88. The molecule has 1 aromatic carbocycles. The molecule has 2 aromatic rings. The van der Waals surface area contributed by atoms with Gasteiger partial charge in [-0.25, -0.2) is 4.98 Å². The molecule has 3 nitrogen and oxygen atoms in total. The van der Waals surface area contributed by atoms with E-state index in [0.29, 0.717) is 11.8 Å². The molecule has 1 aromatic heterocycles. The smallest absolute Gasteiger partial charge is 0.230 e. The Morgan fingerprint density at radius 1 is 1.17 bits per heavy atom. The van der Waals surface area contributed by atoms with Gasteiger partial charge in [-0.3, -0.25) is 4.79 Å². The zero-order chi connectivity index (χ0) is 16.4. The molecule has 1 aliphatic rings. The van der Waals surface area contributed by atoms with E-state index in [2.05, 4.69) is 44.3 Å². The minimum Gasteiger partial charge on any atom is -0.353 e. The zero-order valence-electron chi connectivity index (χ0n) is 14.1. The van der Waals surface area contributed by atoms with Gasteiger partial charge in [-0.2, -0.15) is 0 Å². The number of carbonyl (C=O) groups excluding carboxylic acids is 1. The molecule has 1 heterocycles. The van der Waals surface area contributed by atoms with E-state index in [-0.39, 0.29) is 5.91 Å². The van der Waals surface area contributed by atoms with Crippen LogP contribution in [0.15, 0.2) is 23.2 Å². The maximum Gasteiger partial charge on any atom is 0.230 e. The molecule has 1 fully saturated rings. The van der Waals surface area contributed by atoms with Crippen LogP contribution in [0.1, 0.15) is 42.4 Å². The van der Waals surface area contributed by atoms with Gasteiger partial charge in [-0.1, -0.05) is 30.7 Å². The largest absolute Gasteiger partial charge is 0.353 e. The number of fused-ring (bicyclic) bond motifs is 1. The molecule has 1 N–H and O–H groups in total. The van der Waals surface area contributed by atoms with Crippen LogP contribution in [0, 0.1) is 20.8 Å². The molecule has 4 heteroatoms. The molecule has 0 unspecified atom stereocenters. The fraction of sp³-hybridized carbons (Fsp3) is 0.474. The van der Waals surface area contributed by atoms with Crippen LogP contribution in [0.4, 0.5) is 0 Å². The predicted molar refractivity (Wildman–Crippen MR) is 97.1 cm³/mol. The summed E-state index contributed by atoms with van der Waals surface area (Å²) in [5, 5.41) is 5.30. The van der Waals surface area contributed by atoms with Crippen molar-refractivity contribution in [2.24, 2.45) is 0 Å². The Balaban J connectivity index is 1.72. The number of nitrogens with one attached hydrogen (secondary N) is 1. The van der Waals surface area contributed by atoms with Crippen LogP contribution >= 0.6 is 11.8 Å². The molecule has 1 aliphatic carbocycles. The van der Waals surface area contributed by atoms with Gasteiger partial charge in [0.05, 0.1) is 11.3 Å². The third kappa shape index (κ3) is 3.86. The lowest BCUT2D eigenvalue weighted by molar-refractivity contribution is -0.119. The molecule has 0 atom stereocenters. The topological polar surface area (TPSA) is 42.0 Å². The van der Waals surface area contributed by atoms with Gasteiger partial charge >= 0.3 is 0 Å². The number of aryl methyl sites for hydroxylation is 3. The summed E-state index contributed by atoms with van der Waals surface area (Å²) in [4.78, 5) is 16.9. The Hall–Kier alpha value is -1.55. The maximum atomic E-state index is 12.1. The van der Waals surface area contributed by atoms with Crippen molar-refractivity contribution < 1.29 is 4.79 Å². The molecule has 122 valence electrons. The first-order valence-electron chi connectivity index (χ1n) is 8.33. The molecule has 1 saturated carbocycles. The Morgan fingerprint density at radius 3 is 2.65 bits per heavy atom. The SMILES string of the molecule is Cc1cc(C)c2cc(C)c(SCC(=O)NC3CCCC3)nc2c1. The zero-order valence-corrected chi connectivity index (χ0v) is 14.9. The van der Waals surface area contributed by atoms with E-state index in [1.54, 1.807) is 11.8 Å². The number of nitrogens with zero attached hydrogens (tertiary/aromatic N) is 1. The van der Waals surface area contributed by atoms with E-state index < -0.39 is 0 Å². The number of carbonyl (C=O) groups is 1. The average Bonchev–Trinajstić information content (AvgIpc) is 2.99. The highest BCUT2D eigenvalue weighted by Crippen LogP contribution is 2.27. The minimum atomic E-state index is 0.128. The monoisotopic (exact) mass is 328 g/mol. The van der Waals surface area contributed by atoms with E-state index in [0.717, 1.165) is 28.9 Å². The van der Waals surface area contributed by atoms with Crippen molar-refractivity contribution >= 4 is 28.6 Å². The van der Waals surface area contributed by atoms with Gasteiger partial charge in [0.25, 0.3) is 0 Å². The van der Waals surface area contributed by atoms with Gasteiger partial charge in [-0.15, -0.1) is 0 Å². The Morgan fingerprint density at radius 2 is 1.91 bits per heavy atom. The summed E-state index contributed by atoms with van der Waals surface area (Å²) >= 11 is 1.54. The van der Waals surface area contributed by atoms with E-state index in [9.17, 15) is 4.79 Å². The molecular weight excluding hydrogens is 304 g/mol. The third-order valence-electron chi connectivity index (χ3n) is 4.49. The van der Waals surface area contributed by atoms with Crippen LogP contribution in [0.2, 0.25) is 0 Å². The molecule has 0 radical (unpaired) electrons. The maximum absolute atomic E-state index is 12.1. The highest BCUT2D eigenvalue weighted by molar-refractivity contribution is 7.99. The Labute approximate surface area is 142 Å². The van der Waals surface area contributed by atoms with Gasteiger partial charge in [-0.05, 0) is 62.4 Å². The fourth-order valence-electron chi connectivity index (χ4n) is 3.33. The lowest BCUT2D eigenvalue weighted by Crippen LogP contribution is -2.33. The number of rotatable bonds is 4. The lowest BCUT2D eigenvalue weighted by atomic mass is 10.1. The van der Waals surface area contributed by atoms with Gasteiger partial charge in [0.1, 0.15) is 5.03 Å². The van der Waals surface area contributed by atoms with E-state index in [4.69, 9.17) is 4.98 Å². The molecule has 3 rings (SSSR count).